The molecule has 1 atom stereocenters. The van der Waals surface area contributed by atoms with Gasteiger partial charge in [0, 0.05) is 24.6 Å². The molecule has 0 fully saturated rings. The quantitative estimate of drug-likeness (QED) is 0.942. The number of hydrogen-bond donors (Lipinski definition) is 1. The highest BCUT2D eigenvalue weighted by Gasteiger charge is 2.23. The van der Waals surface area contributed by atoms with Crippen LogP contribution in [0.3, 0.4) is 0 Å². The van der Waals surface area contributed by atoms with Crippen LogP contribution in [0, 0.1) is 11.6 Å². The smallest absolute Gasteiger partial charge is 0.137 e. The van der Waals surface area contributed by atoms with Gasteiger partial charge in [-0.3, -0.25) is 0 Å². The maximum Gasteiger partial charge on any atom is 0.137 e. The van der Waals surface area contributed by atoms with Gasteiger partial charge in [-0.25, -0.2) is 8.78 Å². The maximum absolute atomic E-state index is 13.4. The number of ether oxygens (including phenoxy) is 2. The van der Waals surface area contributed by atoms with Crippen LogP contribution in [0.25, 0.3) is 0 Å². The van der Waals surface area contributed by atoms with E-state index in [1.54, 1.807) is 12.1 Å². The molecule has 3 rings (SSSR count). The number of rotatable bonds is 4. The topological polar surface area (TPSA) is 44.5 Å². The maximum atomic E-state index is 13.4. The molecule has 2 aromatic rings. The molecular weight excluding hydrogens is 276 g/mol. The highest BCUT2D eigenvalue weighted by atomic mass is 19.1. The Balaban J connectivity index is 1.63. The largest absolute Gasteiger partial charge is 0.490 e. The number of fused-ring (bicyclic) bond motifs is 1. The van der Waals surface area contributed by atoms with E-state index in [1.807, 2.05) is 0 Å². The van der Waals surface area contributed by atoms with E-state index < -0.39 is 0 Å². The second kappa shape index (κ2) is 5.69. The monoisotopic (exact) mass is 291 g/mol. The molecule has 0 aliphatic carbocycles. The first-order chi connectivity index (χ1) is 10.1. The van der Waals surface area contributed by atoms with Gasteiger partial charge in [0.2, 0.25) is 0 Å². The minimum absolute atomic E-state index is 0.202. The van der Waals surface area contributed by atoms with Crippen LogP contribution in [-0.2, 0) is 13.0 Å². The van der Waals surface area contributed by atoms with Gasteiger partial charge < -0.3 is 15.2 Å². The molecule has 1 unspecified atom stereocenters. The molecule has 21 heavy (non-hydrogen) atoms. The van der Waals surface area contributed by atoms with Gasteiger partial charge in [-0.1, -0.05) is 0 Å². The van der Waals surface area contributed by atoms with Gasteiger partial charge in [-0.05, 0) is 35.9 Å². The molecule has 0 saturated heterocycles. The van der Waals surface area contributed by atoms with Gasteiger partial charge in [0.15, 0.2) is 0 Å². The fourth-order valence-corrected chi connectivity index (χ4v) is 2.39. The van der Waals surface area contributed by atoms with Crippen molar-refractivity contribution < 1.29 is 18.3 Å². The summed E-state index contributed by atoms with van der Waals surface area (Å²) in [6.45, 7) is 0.516. The zero-order chi connectivity index (χ0) is 14.8. The molecule has 0 bridgehead atoms. The van der Waals surface area contributed by atoms with Crippen LogP contribution in [0.4, 0.5) is 8.78 Å². The summed E-state index contributed by atoms with van der Waals surface area (Å²) < 4.78 is 37.7. The molecule has 110 valence electrons. The standard InChI is InChI=1S/C16H15F2NO2/c17-12-1-2-16-11(5-12)6-15(21-16)9-20-14-4-10(8-19)3-13(18)7-14/h1-5,7,15H,6,8-9,19H2. The minimum atomic E-state index is -0.384. The van der Waals surface area contributed by atoms with E-state index in [4.69, 9.17) is 15.2 Å². The summed E-state index contributed by atoms with van der Waals surface area (Å²) in [5.74, 6) is 0.426. The average Bonchev–Trinajstić information content (AvgIpc) is 2.86. The molecule has 1 aliphatic rings. The van der Waals surface area contributed by atoms with E-state index in [2.05, 4.69) is 0 Å². The summed E-state index contributed by atoms with van der Waals surface area (Å²) in [6.07, 6.45) is 0.373. The first-order valence-electron chi connectivity index (χ1n) is 6.71. The third kappa shape index (κ3) is 3.13. The van der Waals surface area contributed by atoms with Gasteiger partial charge >= 0.3 is 0 Å². The lowest BCUT2D eigenvalue weighted by molar-refractivity contribution is 0.148. The first-order valence-corrected chi connectivity index (χ1v) is 6.71. The number of benzene rings is 2. The molecule has 5 heteroatoms. The summed E-state index contributed by atoms with van der Waals surface area (Å²) in [7, 11) is 0. The van der Waals surface area contributed by atoms with Crippen LogP contribution >= 0.6 is 0 Å². The average molecular weight is 291 g/mol. The van der Waals surface area contributed by atoms with Gasteiger partial charge in [-0.2, -0.15) is 0 Å². The minimum Gasteiger partial charge on any atom is -0.490 e. The lowest BCUT2D eigenvalue weighted by Gasteiger charge is -2.13. The van der Waals surface area contributed by atoms with Crippen molar-refractivity contribution in [3.63, 3.8) is 0 Å². The van der Waals surface area contributed by atoms with Crippen LogP contribution in [0.5, 0.6) is 11.5 Å². The van der Waals surface area contributed by atoms with Crippen LogP contribution in [-0.4, -0.2) is 12.7 Å². The van der Waals surface area contributed by atoms with Gasteiger partial charge in [0.05, 0.1) is 0 Å². The summed E-state index contributed by atoms with van der Waals surface area (Å²) in [6, 6.07) is 8.81. The van der Waals surface area contributed by atoms with Crippen LogP contribution in [0.2, 0.25) is 0 Å². The first kappa shape index (κ1) is 13.8. The molecule has 3 nitrogen and oxygen atoms in total. The number of nitrogens with two attached hydrogens (primary N) is 1. The molecule has 0 spiro atoms. The number of hydrogen-bond acceptors (Lipinski definition) is 3. The van der Waals surface area contributed by atoms with Crippen molar-refractivity contribution in [2.45, 2.75) is 19.1 Å². The summed E-state index contributed by atoms with van der Waals surface area (Å²) in [5, 5.41) is 0. The van der Waals surface area contributed by atoms with Crippen LogP contribution < -0.4 is 15.2 Å². The molecule has 2 aromatic carbocycles. The highest BCUT2D eigenvalue weighted by Crippen LogP contribution is 2.29. The van der Waals surface area contributed by atoms with E-state index in [0.29, 0.717) is 23.5 Å². The van der Waals surface area contributed by atoms with Crippen molar-refractivity contribution in [1.82, 2.24) is 0 Å². The van der Waals surface area contributed by atoms with Crippen molar-refractivity contribution in [1.29, 1.82) is 0 Å². The van der Waals surface area contributed by atoms with E-state index in [1.165, 1.54) is 24.3 Å². The third-order valence-corrected chi connectivity index (χ3v) is 3.37. The second-order valence-corrected chi connectivity index (χ2v) is 5.01. The van der Waals surface area contributed by atoms with E-state index in [9.17, 15) is 8.78 Å². The summed E-state index contributed by atoms with van der Waals surface area (Å²) >= 11 is 0. The molecule has 1 heterocycles. The Hall–Kier alpha value is -2.14. The Morgan fingerprint density at radius 3 is 2.81 bits per heavy atom. The van der Waals surface area contributed by atoms with Crippen LogP contribution in [0.15, 0.2) is 36.4 Å². The lowest BCUT2D eigenvalue weighted by Crippen LogP contribution is -2.22. The Bertz CT molecular complexity index is 661. The molecule has 0 saturated carbocycles. The molecule has 0 radical (unpaired) electrons. The van der Waals surface area contributed by atoms with Crippen molar-refractivity contribution in [2.24, 2.45) is 5.73 Å². The molecule has 0 aromatic heterocycles. The van der Waals surface area contributed by atoms with Crippen LogP contribution in [0.1, 0.15) is 11.1 Å². The number of halogens is 2. The summed E-state index contributed by atoms with van der Waals surface area (Å²) in [4.78, 5) is 0. The van der Waals surface area contributed by atoms with Gasteiger partial charge in [0.1, 0.15) is 35.8 Å². The van der Waals surface area contributed by atoms with Gasteiger partial charge in [-0.15, -0.1) is 0 Å². The predicted molar refractivity (Wildman–Crippen MR) is 74.3 cm³/mol. The van der Waals surface area contributed by atoms with E-state index in [0.717, 1.165) is 5.56 Å². The van der Waals surface area contributed by atoms with Gasteiger partial charge in [0.25, 0.3) is 0 Å². The zero-order valence-corrected chi connectivity index (χ0v) is 11.3. The normalized spacial score (nSPS) is 16.4. The Labute approximate surface area is 121 Å². The predicted octanol–water partition coefficient (Wildman–Crippen LogP) is 2.81. The van der Waals surface area contributed by atoms with E-state index in [-0.39, 0.29) is 30.9 Å². The molecule has 0 amide bonds. The highest BCUT2D eigenvalue weighted by molar-refractivity contribution is 5.38. The molecule has 1 aliphatic heterocycles. The SMILES string of the molecule is NCc1cc(F)cc(OCC2Cc3cc(F)ccc3O2)c1. The van der Waals surface area contributed by atoms with Crippen molar-refractivity contribution >= 4 is 0 Å². The Morgan fingerprint density at radius 2 is 2.00 bits per heavy atom. The Kier molecular flexibility index (Phi) is 3.75. The fourth-order valence-electron chi connectivity index (χ4n) is 2.39. The summed E-state index contributed by atoms with van der Waals surface area (Å²) in [5.41, 5.74) is 6.99. The zero-order valence-electron chi connectivity index (χ0n) is 11.3. The van der Waals surface area contributed by atoms with Crippen molar-refractivity contribution in [3.8, 4) is 11.5 Å². The molecule has 2 N–H and O–H groups in total. The fraction of sp³-hybridized carbons (Fsp3) is 0.250. The lowest BCUT2D eigenvalue weighted by atomic mass is 10.1. The van der Waals surface area contributed by atoms with E-state index >= 15 is 0 Å². The second-order valence-electron chi connectivity index (χ2n) is 5.01. The third-order valence-electron chi connectivity index (χ3n) is 3.37. The Morgan fingerprint density at radius 1 is 1.14 bits per heavy atom. The molecular formula is C16H15F2NO2. The van der Waals surface area contributed by atoms with Crippen molar-refractivity contribution in [2.75, 3.05) is 6.61 Å². The van der Waals surface area contributed by atoms with Crippen molar-refractivity contribution in [3.05, 3.63) is 59.2 Å².